The molecule has 0 bridgehead atoms. The Hall–Kier alpha value is -1.02. The molecule has 1 N–H and O–H groups in total. The molecule has 0 radical (unpaired) electrons. The topological polar surface area (TPSA) is 23.5 Å². The van der Waals surface area contributed by atoms with Crippen LogP contribution in [0, 0.1) is 5.92 Å². The first-order valence-corrected chi connectivity index (χ1v) is 6.34. The molecule has 2 aliphatic rings. The number of nitrogens with zero attached hydrogens (tertiary/aromatic N) is 1. The molecule has 1 aromatic carbocycles. The Bertz CT molecular complexity index is 382. The first kappa shape index (κ1) is 10.2. The Balaban J connectivity index is 1.65. The summed E-state index contributed by atoms with van der Waals surface area (Å²) < 4.78 is 0. The molecule has 1 saturated carbocycles. The molecule has 0 unspecified atom stereocenters. The van der Waals surface area contributed by atoms with E-state index in [1.54, 1.807) is 6.07 Å². The first-order valence-electron chi connectivity index (χ1n) is 6.34. The van der Waals surface area contributed by atoms with Gasteiger partial charge in [0.1, 0.15) is 5.75 Å². The van der Waals surface area contributed by atoms with E-state index in [-0.39, 0.29) is 0 Å². The molecule has 2 nitrogen and oxygen atoms in total. The quantitative estimate of drug-likeness (QED) is 0.823. The number of phenolic OH excluding ortho intramolecular Hbond substituents is 1. The minimum absolute atomic E-state index is 0.404. The fraction of sp³-hybridized carbons (Fsp3) is 0.571. The van der Waals surface area contributed by atoms with Gasteiger partial charge in [-0.15, -0.1) is 0 Å². The Labute approximate surface area is 96.9 Å². The molecule has 1 fully saturated rings. The van der Waals surface area contributed by atoms with Gasteiger partial charge < -0.3 is 5.11 Å². The molecule has 0 saturated heterocycles. The zero-order valence-corrected chi connectivity index (χ0v) is 9.65. The third-order valence-corrected chi connectivity index (χ3v) is 3.97. The summed E-state index contributed by atoms with van der Waals surface area (Å²) in [5, 5.41) is 9.45. The van der Waals surface area contributed by atoms with E-state index in [1.807, 2.05) is 6.07 Å². The van der Waals surface area contributed by atoms with Crippen LogP contribution in [0.5, 0.6) is 5.75 Å². The molecule has 1 heterocycles. The van der Waals surface area contributed by atoms with Crippen LogP contribution in [0.4, 0.5) is 0 Å². The summed E-state index contributed by atoms with van der Waals surface area (Å²) in [5.74, 6) is 1.32. The maximum atomic E-state index is 9.45. The van der Waals surface area contributed by atoms with Crippen LogP contribution in [0.15, 0.2) is 18.2 Å². The Morgan fingerprint density at radius 1 is 1.12 bits per heavy atom. The predicted molar refractivity (Wildman–Crippen MR) is 64.2 cm³/mol. The number of aromatic hydroxyl groups is 1. The summed E-state index contributed by atoms with van der Waals surface area (Å²) in [7, 11) is 0. The molecule has 3 rings (SSSR count). The van der Waals surface area contributed by atoms with Crippen molar-refractivity contribution < 1.29 is 5.11 Å². The van der Waals surface area contributed by atoms with E-state index >= 15 is 0 Å². The maximum absolute atomic E-state index is 9.45. The molecule has 1 aliphatic heterocycles. The van der Waals surface area contributed by atoms with Crippen molar-refractivity contribution in [2.75, 3.05) is 6.54 Å². The van der Waals surface area contributed by atoms with E-state index in [1.165, 1.54) is 43.4 Å². The smallest absolute Gasteiger partial charge is 0.115 e. The zero-order chi connectivity index (χ0) is 11.0. The molecule has 2 heteroatoms. The number of fused-ring (bicyclic) bond motifs is 1. The van der Waals surface area contributed by atoms with E-state index in [9.17, 15) is 5.11 Å². The summed E-state index contributed by atoms with van der Waals surface area (Å²) in [4.78, 5) is 2.53. The Kier molecular flexibility index (Phi) is 2.60. The number of rotatable bonds is 2. The van der Waals surface area contributed by atoms with Gasteiger partial charge in [0.2, 0.25) is 0 Å². The third-order valence-electron chi connectivity index (χ3n) is 3.97. The van der Waals surface area contributed by atoms with Gasteiger partial charge in [-0.1, -0.05) is 18.9 Å². The Morgan fingerprint density at radius 3 is 2.69 bits per heavy atom. The molecule has 86 valence electrons. The van der Waals surface area contributed by atoms with E-state index < -0.39 is 0 Å². The fourth-order valence-electron chi connectivity index (χ4n) is 3.14. The number of hydrogen-bond donors (Lipinski definition) is 1. The molecule has 0 spiro atoms. The monoisotopic (exact) mass is 217 g/mol. The third kappa shape index (κ3) is 1.94. The minimum Gasteiger partial charge on any atom is -0.508 e. The highest BCUT2D eigenvalue weighted by Gasteiger charge is 2.23. The standard InChI is InChI=1S/C14H19NO/c16-14-6-5-12-9-15(10-13(12)7-14)8-11-3-1-2-4-11/h5-7,11,16H,1-4,8-10H2. The van der Waals surface area contributed by atoms with Crippen LogP contribution in [0.3, 0.4) is 0 Å². The van der Waals surface area contributed by atoms with Crippen molar-refractivity contribution in [1.82, 2.24) is 4.90 Å². The minimum atomic E-state index is 0.404. The van der Waals surface area contributed by atoms with E-state index in [4.69, 9.17) is 0 Å². The predicted octanol–water partition coefficient (Wildman–Crippen LogP) is 2.90. The van der Waals surface area contributed by atoms with Crippen molar-refractivity contribution in [3.63, 3.8) is 0 Å². The average molecular weight is 217 g/mol. The van der Waals surface area contributed by atoms with Gasteiger partial charge in [-0.05, 0) is 42.0 Å². The maximum Gasteiger partial charge on any atom is 0.115 e. The molecular weight excluding hydrogens is 198 g/mol. The highest BCUT2D eigenvalue weighted by molar-refractivity contribution is 5.37. The molecule has 0 aromatic heterocycles. The van der Waals surface area contributed by atoms with Crippen LogP contribution in [0.1, 0.15) is 36.8 Å². The Morgan fingerprint density at radius 2 is 1.88 bits per heavy atom. The molecule has 1 aromatic rings. The van der Waals surface area contributed by atoms with Crippen LogP contribution in [0.2, 0.25) is 0 Å². The normalized spacial score (nSPS) is 21.5. The SMILES string of the molecule is Oc1ccc2c(c1)CN(CC1CCCC1)C2. The van der Waals surface area contributed by atoms with Crippen molar-refractivity contribution in [1.29, 1.82) is 0 Å². The van der Waals surface area contributed by atoms with Crippen LogP contribution in [-0.2, 0) is 13.1 Å². The number of phenols is 1. The second-order valence-corrected chi connectivity index (χ2v) is 5.27. The van der Waals surface area contributed by atoms with Crippen molar-refractivity contribution in [3.8, 4) is 5.75 Å². The first-order chi connectivity index (χ1) is 7.81. The molecular formula is C14H19NO. The summed E-state index contributed by atoms with van der Waals surface area (Å²) in [5.41, 5.74) is 2.72. The van der Waals surface area contributed by atoms with Gasteiger partial charge in [-0.3, -0.25) is 4.90 Å². The van der Waals surface area contributed by atoms with Crippen LogP contribution < -0.4 is 0 Å². The van der Waals surface area contributed by atoms with Crippen LogP contribution in [-0.4, -0.2) is 16.6 Å². The largest absolute Gasteiger partial charge is 0.508 e. The van der Waals surface area contributed by atoms with Crippen LogP contribution >= 0.6 is 0 Å². The molecule has 0 atom stereocenters. The van der Waals surface area contributed by atoms with Gasteiger partial charge in [0, 0.05) is 19.6 Å². The highest BCUT2D eigenvalue weighted by atomic mass is 16.3. The zero-order valence-electron chi connectivity index (χ0n) is 9.65. The van der Waals surface area contributed by atoms with Gasteiger partial charge in [0.15, 0.2) is 0 Å². The van der Waals surface area contributed by atoms with Crippen LogP contribution in [0.25, 0.3) is 0 Å². The lowest BCUT2D eigenvalue weighted by Crippen LogP contribution is -2.23. The van der Waals surface area contributed by atoms with E-state index in [2.05, 4.69) is 11.0 Å². The van der Waals surface area contributed by atoms with Crippen molar-refractivity contribution in [3.05, 3.63) is 29.3 Å². The molecule has 0 amide bonds. The van der Waals surface area contributed by atoms with Gasteiger partial charge in [0.25, 0.3) is 0 Å². The average Bonchev–Trinajstić information content (AvgIpc) is 2.86. The van der Waals surface area contributed by atoms with Crippen molar-refractivity contribution >= 4 is 0 Å². The van der Waals surface area contributed by atoms with Crippen molar-refractivity contribution in [2.24, 2.45) is 5.92 Å². The van der Waals surface area contributed by atoms with E-state index in [0.717, 1.165) is 19.0 Å². The summed E-state index contributed by atoms with van der Waals surface area (Å²) in [6.07, 6.45) is 5.68. The van der Waals surface area contributed by atoms with E-state index in [0.29, 0.717) is 5.75 Å². The number of benzene rings is 1. The molecule has 1 aliphatic carbocycles. The summed E-state index contributed by atoms with van der Waals surface area (Å²) in [6.45, 7) is 3.35. The summed E-state index contributed by atoms with van der Waals surface area (Å²) >= 11 is 0. The summed E-state index contributed by atoms with van der Waals surface area (Å²) in [6, 6.07) is 5.79. The lowest BCUT2D eigenvalue weighted by Gasteiger charge is -2.19. The van der Waals surface area contributed by atoms with Gasteiger partial charge in [0.05, 0.1) is 0 Å². The fourth-order valence-corrected chi connectivity index (χ4v) is 3.14. The van der Waals surface area contributed by atoms with Gasteiger partial charge >= 0.3 is 0 Å². The lowest BCUT2D eigenvalue weighted by molar-refractivity contribution is 0.237. The highest BCUT2D eigenvalue weighted by Crippen LogP contribution is 2.30. The second kappa shape index (κ2) is 4.10. The molecule has 16 heavy (non-hydrogen) atoms. The van der Waals surface area contributed by atoms with Gasteiger partial charge in [-0.25, -0.2) is 0 Å². The van der Waals surface area contributed by atoms with Crippen molar-refractivity contribution in [2.45, 2.75) is 38.8 Å². The van der Waals surface area contributed by atoms with Gasteiger partial charge in [-0.2, -0.15) is 0 Å². The number of hydrogen-bond acceptors (Lipinski definition) is 2. The lowest BCUT2D eigenvalue weighted by atomic mass is 10.1. The second-order valence-electron chi connectivity index (χ2n) is 5.27.